The van der Waals surface area contributed by atoms with Crippen molar-refractivity contribution in [1.29, 1.82) is 0 Å². The van der Waals surface area contributed by atoms with Gasteiger partial charge in [-0.1, -0.05) is 30.3 Å². The van der Waals surface area contributed by atoms with E-state index in [2.05, 4.69) is 34.7 Å². The molecule has 0 aliphatic rings. The standard InChI is InChI=1S/C22H27N5O.HI/c1-16-21(17(2)27(26-16)19-8-6-5-7-9-19)15-25-22(23-3)24-14-18-10-12-20(28-4)13-11-18;/h5-13H,14-15H2,1-4H3,(H2,23,24,25);1H. The van der Waals surface area contributed by atoms with Crippen molar-refractivity contribution in [3.05, 3.63) is 77.1 Å². The summed E-state index contributed by atoms with van der Waals surface area (Å²) in [4.78, 5) is 4.32. The average Bonchev–Trinajstić information content (AvgIpc) is 3.03. The summed E-state index contributed by atoms with van der Waals surface area (Å²) in [5.74, 6) is 1.61. The molecule has 0 aliphatic heterocycles. The normalized spacial score (nSPS) is 11.0. The SMILES string of the molecule is CN=C(NCc1ccc(OC)cc1)NCc1c(C)nn(-c2ccccc2)c1C.I. The number of rotatable bonds is 6. The first kappa shape index (κ1) is 22.7. The Hall–Kier alpha value is -2.55. The van der Waals surface area contributed by atoms with E-state index >= 15 is 0 Å². The van der Waals surface area contributed by atoms with E-state index in [4.69, 9.17) is 9.84 Å². The molecule has 0 spiro atoms. The molecule has 6 nitrogen and oxygen atoms in total. The molecule has 0 unspecified atom stereocenters. The van der Waals surface area contributed by atoms with Gasteiger partial charge in [0.25, 0.3) is 0 Å². The summed E-state index contributed by atoms with van der Waals surface area (Å²) in [6.45, 7) is 5.48. The van der Waals surface area contributed by atoms with Crippen LogP contribution in [0, 0.1) is 13.8 Å². The second kappa shape index (κ2) is 10.8. The van der Waals surface area contributed by atoms with Crippen LogP contribution >= 0.6 is 24.0 Å². The quantitative estimate of drug-likeness (QED) is 0.302. The summed E-state index contributed by atoms with van der Waals surface area (Å²) in [6.07, 6.45) is 0. The number of para-hydroxylation sites is 1. The Morgan fingerprint density at radius 2 is 1.66 bits per heavy atom. The first-order valence-corrected chi connectivity index (χ1v) is 9.30. The molecule has 1 heterocycles. The lowest BCUT2D eigenvalue weighted by molar-refractivity contribution is 0.414. The maximum atomic E-state index is 5.20. The van der Waals surface area contributed by atoms with Crippen LogP contribution < -0.4 is 15.4 Å². The Bertz CT molecular complexity index is 936. The van der Waals surface area contributed by atoms with E-state index in [-0.39, 0.29) is 24.0 Å². The van der Waals surface area contributed by atoms with E-state index in [1.54, 1.807) is 14.2 Å². The molecule has 0 radical (unpaired) electrons. The van der Waals surface area contributed by atoms with E-state index in [1.807, 2.05) is 54.1 Å². The van der Waals surface area contributed by atoms with E-state index in [9.17, 15) is 0 Å². The maximum absolute atomic E-state index is 5.20. The molecule has 0 saturated heterocycles. The fourth-order valence-electron chi connectivity index (χ4n) is 3.07. The topological polar surface area (TPSA) is 63.5 Å². The van der Waals surface area contributed by atoms with Crippen molar-refractivity contribution in [3.63, 3.8) is 0 Å². The molecule has 29 heavy (non-hydrogen) atoms. The van der Waals surface area contributed by atoms with Crippen LogP contribution in [-0.2, 0) is 13.1 Å². The number of hydrogen-bond donors (Lipinski definition) is 2. The van der Waals surface area contributed by atoms with Gasteiger partial charge in [0.15, 0.2) is 5.96 Å². The van der Waals surface area contributed by atoms with Gasteiger partial charge in [-0.3, -0.25) is 4.99 Å². The second-order valence-corrected chi connectivity index (χ2v) is 6.52. The second-order valence-electron chi connectivity index (χ2n) is 6.52. The number of aryl methyl sites for hydroxylation is 1. The lowest BCUT2D eigenvalue weighted by atomic mass is 10.2. The third-order valence-electron chi connectivity index (χ3n) is 4.72. The molecule has 0 atom stereocenters. The molecule has 3 rings (SSSR count). The largest absolute Gasteiger partial charge is 0.497 e. The molecule has 3 aromatic rings. The van der Waals surface area contributed by atoms with E-state index < -0.39 is 0 Å². The van der Waals surface area contributed by atoms with Gasteiger partial charge < -0.3 is 15.4 Å². The fraction of sp³-hybridized carbons (Fsp3) is 0.273. The minimum atomic E-state index is 0. The summed E-state index contributed by atoms with van der Waals surface area (Å²) in [6, 6.07) is 18.2. The molecule has 0 amide bonds. The Kier molecular flexibility index (Phi) is 8.50. The summed E-state index contributed by atoms with van der Waals surface area (Å²) in [5.41, 5.74) is 5.54. The molecule has 154 valence electrons. The predicted molar refractivity (Wildman–Crippen MR) is 128 cm³/mol. The van der Waals surface area contributed by atoms with Crippen molar-refractivity contribution in [2.45, 2.75) is 26.9 Å². The maximum Gasteiger partial charge on any atom is 0.191 e. The smallest absolute Gasteiger partial charge is 0.191 e. The molecular formula is C22H28IN5O. The number of benzene rings is 2. The molecule has 0 aliphatic carbocycles. The third kappa shape index (κ3) is 5.72. The number of ether oxygens (including phenoxy) is 1. The number of hydrogen-bond acceptors (Lipinski definition) is 3. The third-order valence-corrected chi connectivity index (χ3v) is 4.72. The van der Waals surface area contributed by atoms with Gasteiger partial charge >= 0.3 is 0 Å². The van der Waals surface area contributed by atoms with Crippen molar-refractivity contribution in [2.75, 3.05) is 14.2 Å². The van der Waals surface area contributed by atoms with E-state index in [0.29, 0.717) is 13.1 Å². The molecule has 1 aromatic heterocycles. The molecule has 0 bridgehead atoms. The summed E-state index contributed by atoms with van der Waals surface area (Å²) >= 11 is 0. The van der Waals surface area contributed by atoms with Gasteiger partial charge in [-0.05, 0) is 43.7 Å². The zero-order chi connectivity index (χ0) is 19.9. The lowest BCUT2D eigenvalue weighted by Crippen LogP contribution is -2.36. The number of nitrogens with zero attached hydrogens (tertiary/aromatic N) is 3. The minimum Gasteiger partial charge on any atom is -0.497 e. The molecule has 2 aromatic carbocycles. The van der Waals surface area contributed by atoms with Crippen LogP contribution in [0.25, 0.3) is 5.69 Å². The van der Waals surface area contributed by atoms with Crippen molar-refractivity contribution in [2.24, 2.45) is 4.99 Å². The predicted octanol–water partition coefficient (Wildman–Crippen LogP) is 3.98. The number of methoxy groups -OCH3 is 1. The van der Waals surface area contributed by atoms with Gasteiger partial charge in [0.05, 0.1) is 18.5 Å². The monoisotopic (exact) mass is 505 g/mol. The summed E-state index contributed by atoms with van der Waals surface area (Å²) in [7, 11) is 3.44. The highest BCUT2D eigenvalue weighted by atomic mass is 127. The Labute approximate surface area is 189 Å². The van der Waals surface area contributed by atoms with E-state index in [0.717, 1.165) is 34.3 Å². The van der Waals surface area contributed by atoms with Crippen LogP contribution in [0.3, 0.4) is 0 Å². The minimum absolute atomic E-state index is 0. The fourth-order valence-corrected chi connectivity index (χ4v) is 3.07. The lowest BCUT2D eigenvalue weighted by Gasteiger charge is -2.13. The van der Waals surface area contributed by atoms with Crippen LogP contribution in [0.5, 0.6) is 5.75 Å². The first-order chi connectivity index (χ1) is 13.6. The van der Waals surface area contributed by atoms with Gasteiger partial charge in [0.2, 0.25) is 0 Å². The van der Waals surface area contributed by atoms with Gasteiger partial charge in [-0.25, -0.2) is 4.68 Å². The molecule has 0 saturated carbocycles. The first-order valence-electron chi connectivity index (χ1n) is 9.30. The Morgan fingerprint density at radius 3 is 2.28 bits per heavy atom. The molecule has 2 N–H and O–H groups in total. The number of halogens is 1. The molecular weight excluding hydrogens is 477 g/mol. The van der Waals surface area contributed by atoms with Gasteiger partial charge in [0, 0.05) is 31.4 Å². The van der Waals surface area contributed by atoms with Crippen molar-refractivity contribution >= 4 is 29.9 Å². The van der Waals surface area contributed by atoms with Crippen LogP contribution in [0.15, 0.2) is 59.6 Å². The Morgan fingerprint density at radius 1 is 1.00 bits per heavy atom. The number of guanidine groups is 1. The van der Waals surface area contributed by atoms with Crippen LogP contribution in [0.2, 0.25) is 0 Å². The van der Waals surface area contributed by atoms with Crippen LogP contribution in [0.1, 0.15) is 22.5 Å². The highest BCUT2D eigenvalue weighted by molar-refractivity contribution is 14.0. The number of aliphatic imine (C=N–C) groups is 1. The van der Waals surface area contributed by atoms with Crippen molar-refractivity contribution < 1.29 is 4.74 Å². The summed E-state index contributed by atoms with van der Waals surface area (Å²) in [5, 5.41) is 11.4. The average molecular weight is 505 g/mol. The number of aromatic nitrogens is 2. The van der Waals surface area contributed by atoms with Crippen molar-refractivity contribution in [1.82, 2.24) is 20.4 Å². The van der Waals surface area contributed by atoms with Crippen LogP contribution in [-0.4, -0.2) is 29.9 Å². The van der Waals surface area contributed by atoms with Crippen molar-refractivity contribution in [3.8, 4) is 11.4 Å². The molecule has 0 fully saturated rings. The summed E-state index contributed by atoms with van der Waals surface area (Å²) < 4.78 is 7.18. The highest BCUT2D eigenvalue weighted by Crippen LogP contribution is 2.17. The zero-order valence-electron chi connectivity index (χ0n) is 17.3. The number of nitrogens with one attached hydrogen (secondary N) is 2. The Balaban J connectivity index is 0.00000300. The van der Waals surface area contributed by atoms with E-state index in [1.165, 1.54) is 5.56 Å². The highest BCUT2D eigenvalue weighted by Gasteiger charge is 2.13. The van der Waals surface area contributed by atoms with Gasteiger partial charge in [0.1, 0.15) is 5.75 Å². The van der Waals surface area contributed by atoms with Gasteiger partial charge in [-0.15, -0.1) is 24.0 Å². The van der Waals surface area contributed by atoms with Gasteiger partial charge in [-0.2, -0.15) is 5.10 Å². The molecule has 7 heteroatoms. The zero-order valence-corrected chi connectivity index (χ0v) is 19.6. The van der Waals surface area contributed by atoms with Crippen LogP contribution in [0.4, 0.5) is 0 Å².